The molecule has 0 spiro atoms. The van der Waals surface area contributed by atoms with Crippen LogP contribution in [0.4, 0.5) is 4.39 Å². The standard InChI is InChI=1S/C14H28FN5O/c1-9-19-14(20-21-9)11-3-2-10(6-12(11)15)7-18-13-8-16-4-5-17-13/h9-14,16-20H,2-8H2,1H3. The van der Waals surface area contributed by atoms with Crippen LogP contribution in [0.25, 0.3) is 0 Å². The van der Waals surface area contributed by atoms with Crippen LogP contribution in [0.3, 0.4) is 0 Å². The van der Waals surface area contributed by atoms with E-state index in [0.29, 0.717) is 18.5 Å². The Kier molecular flexibility index (Phi) is 5.42. The van der Waals surface area contributed by atoms with E-state index in [9.17, 15) is 4.39 Å². The van der Waals surface area contributed by atoms with E-state index in [1.165, 1.54) is 0 Å². The third-order valence-electron chi connectivity index (χ3n) is 4.84. The second-order valence-electron chi connectivity index (χ2n) is 6.50. The molecule has 3 rings (SSSR count). The highest BCUT2D eigenvalue weighted by Gasteiger charge is 2.38. The Balaban J connectivity index is 1.40. The number of piperazine rings is 1. The molecule has 21 heavy (non-hydrogen) atoms. The lowest BCUT2D eigenvalue weighted by Crippen LogP contribution is -2.56. The first-order valence-corrected chi connectivity index (χ1v) is 8.21. The molecule has 6 nitrogen and oxygen atoms in total. The molecule has 3 aliphatic rings. The van der Waals surface area contributed by atoms with Crippen molar-refractivity contribution in [3.05, 3.63) is 0 Å². The van der Waals surface area contributed by atoms with Gasteiger partial charge in [0.15, 0.2) is 0 Å². The number of halogens is 1. The number of rotatable bonds is 4. The summed E-state index contributed by atoms with van der Waals surface area (Å²) in [5.41, 5.74) is 2.92. The molecule has 7 heteroatoms. The minimum Gasteiger partial charge on any atom is -0.313 e. The highest BCUT2D eigenvalue weighted by molar-refractivity contribution is 4.88. The number of hydroxylamine groups is 1. The van der Waals surface area contributed by atoms with Gasteiger partial charge in [0.2, 0.25) is 0 Å². The molecule has 6 unspecified atom stereocenters. The van der Waals surface area contributed by atoms with Crippen molar-refractivity contribution in [3.63, 3.8) is 0 Å². The average Bonchev–Trinajstić information content (AvgIpc) is 2.92. The summed E-state index contributed by atoms with van der Waals surface area (Å²) in [5, 5.41) is 13.5. The lowest BCUT2D eigenvalue weighted by atomic mass is 9.79. The molecule has 1 saturated carbocycles. The maximum absolute atomic E-state index is 14.5. The van der Waals surface area contributed by atoms with Crippen molar-refractivity contribution in [3.8, 4) is 0 Å². The van der Waals surface area contributed by atoms with Crippen LogP contribution in [-0.2, 0) is 4.84 Å². The zero-order valence-corrected chi connectivity index (χ0v) is 12.7. The maximum atomic E-state index is 14.5. The summed E-state index contributed by atoms with van der Waals surface area (Å²) in [6.45, 7) is 5.79. The minimum absolute atomic E-state index is 0.0145. The molecule has 0 aromatic heterocycles. The first-order chi connectivity index (χ1) is 10.2. The minimum atomic E-state index is -0.762. The lowest BCUT2D eigenvalue weighted by Gasteiger charge is -2.35. The quantitative estimate of drug-likeness (QED) is 0.489. The van der Waals surface area contributed by atoms with Crippen molar-refractivity contribution in [1.82, 2.24) is 26.7 Å². The fourth-order valence-corrected chi connectivity index (χ4v) is 3.59. The van der Waals surface area contributed by atoms with E-state index in [2.05, 4.69) is 26.7 Å². The molecule has 0 bridgehead atoms. The van der Waals surface area contributed by atoms with Gasteiger partial charge in [-0.15, -0.1) is 0 Å². The summed E-state index contributed by atoms with van der Waals surface area (Å²) >= 11 is 0. The Labute approximate surface area is 125 Å². The summed E-state index contributed by atoms with van der Waals surface area (Å²) in [7, 11) is 0. The predicted molar refractivity (Wildman–Crippen MR) is 79.0 cm³/mol. The molecule has 0 radical (unpaired) electrons. The van der Waals surface area contributed by atoms with Crippen molar-refractivity contribution in [1.29, 1.82) is 0 Å². The van der Waals surface area contributed by atoms with Gasteiger partial charge in [0.1, 0.15) is 12.4 Å². The van der Waals surface area contributed by atoms with Crippen LogP contribution in [0.1, 0.15) is 26.2 Å². The fraction of sp³-hybridized carbons (Fsp3) is 1.00. The first kappa shape index (κ1) is 15.6. The third kappa shape index (κ3) is 4.12. The van der Waals surface area contributed by atoms with Crippen molar-refractivity contribution in [2.45, 2.75) is 50.9 Å². The number of alkyl halides is 1. The number of hydrogen-bond donors (Lipinski definition) is 5. The normalized spacial score (nSPS) is 44.9. The molecule has 2 aliphatic heterocycles. The Morgan fingerprint density at radius 2 is 2.19 bits per heavy atom. The fourth-order valence-electron chi connectivity index (χ4n) is 3.59. The molecular weight excluding hydrogens is 273 g/mol. The topological polar surface area (TPSA) is 69.4 Å². The summed E-state index contributed by atoms with van der Waals surface area (Å²) in [5.74, 6) is 0.445. The maximum Gasteiger partial charge on any atom is 0.128 e. The van der Waals surface area contributed by atoms with Crippen molar-refractivity contribution >= 4 is 0 Å². The van der Waals surface area contributed by atoms with E-state index in [1.54, 1.807) is 0 Å². The van der Waals surface area contributed by atoms with Gasteiger partial charge in [-0.1, -0.05) is 0 Å². The smallest absolute Gasteiger partial charge is 0.128 e. The van der Waals surface area contributed by atoms with Crippen LogP contribution in [0.15, 0.2) is 0 Å². The van der Waals surface area contributed by atoms with Crippen LogP contribution in [-0.4, -0.2) is 50.9 Å². The summed E-state index contributed by atoms with van der Waals surface area (Å²) in [6.07, 6.45) is 2.10. The van der Waals surface area contributed by atoms with Crippen LogP contribution >= 0.6 is 0 Å². The van der Waals surface area contributed by atoms with Crippen LogP contribution in [0.5, 0.6) is 0 Å². The lowest BCUT2D eigenvalue weighted by molar-refractivity contribution is 0.0142. The van der Waals surface area contributed by atoms with Crippen molar-refractivity contribution in [2.24, 2.45) is 11.8 Å². The zero-order valence-electron chi connectivity index (χ0n) is 12.7. The van der Waals surface area contributed by atoms with Crippen LogP contribution in [0.2, 0.25) is 0 Å². The molecule has 2 heterocycles. The van der Waals surface area contributed by atoms with Crippen molar-refractivity contribution in [2.75, 3.05) is 26.2 Å². The molecular formula is C14H28FN5O. The van der Waals surface area contributed by atoms with E-state index in [1.807, 2.05) is 6.92 Å². The second kappa shape index (κ2) is 7.30. The summed E-state index contributed by atoms with van der Waals surface area (Å²) < 4.78 is 14.5. The number of hydrogen-bond acceptors (Lipinski definition) is 6. The van der Waals surface area contributed by atoms with E-state index < -0.39 is 6.17 Å². The summed E-state index contributed by atoms with van der Waals surface area (Å²) in [6, 6.07) is 0. The van der Waals surface area contributed by atoms with E-state index >= 15 is 0 Å². The molecule has 122 valence electrons. The van der Waals surface area contributed by atoms with Gasteiger partial charge < -0.3 is 10.6 Å². The number of nitrogens with one attached hydrogen (secondary N) is 5. The van der Waals surface area contributed by atoms with Gasteiger partial charge in [0.25, 0.3) is 0 Å². The molecule has 6 atom stereocenters. The van der Waals surface area contributed by atoms with Crippen molar-refractivity contribution < 1.29 is 9.23 Å². The molecule has 0 amide bonds. The molecule has 2 saturated heterocycles. The van der Waals surface area contributed by atoms with E-state index in [4.69, 9.17) is 4.84 Å². The Morgan fingerprint density at radius 1 is 1.29 bits per heavy atom. The van der Waals surface area contributed by atoms with Gasteiger partial charge in [0, 0.05) is 25.6 Å². The average molecular weight is 301 g/mol. The Hall–Kier alpha value is -0.310. The van der Waals surface area contributed by atoms with Gasteiger partial charge in [-0.3, -0.25) is 15.5 Å². The summed E-state index contributed by atoms with van der Waals surface area (Å²) in [4.78, 5) is 5.27. The SMILES string of the molecule is CC1NC(C2CCC(CNC3CNCCN3)CC2F)NO1. The van der Waals surface area contributed by atoms with E-state index in [0.717, 1.165) is 39.0 Å². The second-order valence-corrected chi connectivity index (χ2v) is 6.50. The first-order valence-electron chi connectivity index (χ1n) is 8.21. The van der Waals surface area contributed by atoms with Gasteiger partial charge in [-0.05, 0) is 38.6 Å². The van der Waals surface area contributed by atoms with Gasteiger partial charge in [-0.2, -0.15) is 5.48 Å². The third-order valence-corrected chi connectivity index (χ3v) is 4.84. The Bertz CT molecular complexity index is 328. The monoisotopic (exact) mass is 301 g/mol. The van der Waals surface area contributed by atoms with E-state index in [-0.39, 0.29) is 18.3 Å². The predicted octanol–water partition coefficient (Wildman–Crippen LogP) is -0.354. The highest BCUT2D eigenvalue weighted by Crippen LogP contribution is 2.33. The molecule has 0 aromatic rings. The van der Waals surface area contributed by atoms with Crippen LogP contribution in [0, 0.1) is 11.8 Å². The van der Waals surface area contributed by atoms with Crippen LogP contribution < -0.4 is 26.7 Å². The molecule has 0 aromatic carbocycles. The van der Waals surface area contributed by atoms with Gasteiger partial charge >= 0.3 is 0 Å². The highest BCUT2D eigenvalue weighted by atomic mass is 19.1. The van der Waals surface area contributed by atoms with Gasteiger partial charge in [0.05, 0.1) is 12.3 Å². The van der Waals surface area contributed by atoms with Gasteiger partial charge in [-0.25, -0.2) is 4.39 Å². The molecule has 5 N–H and O–H groups in total. The zero-order chi connectivity index (χ0) is 14.7. The largest absolute Gasteiger partial charge is 0.313 e. The Morgan fingerprint density at radius 3 is 2.86 bits per heavy atom. The molecule has 1 aliphatic carbocycles. The molecule has 3 fully saturated rings.